The molecule has 2 saturated carbocycles. The molecule has 0 radical (unpaired) electrons. The third-order valence-electron chi connectivity index (χ3n) is 8.10. The molecule has 190 valence electrons. The zero-order valence-corrected chi connectivity index (χ0v) is 21.1. The molecular formula is C31H39F3O. The minimum atomic E-state index is -3.35. The minimum Gasteiger partial charge on any atom is -0.315 e. The van der Waals surface area contributed by atoms with Gasteiger partial charge in [0.25, 0.3) is 0 Å². The fourth-order valence-corrected chi connectivity index (χ4v) is 5.82. The van der Waals surface area contributed by atoms with Gasteiger partial charge in [0, 0.05) is 5.56 Å². The van der Waals surface area contributed by atoms with E-state index in [1.807, 2.05) is 25.1 Å². The van der Waals surface area contributed by atoms with Crippen molar-refractivity contribution in [3.63, 3.8) is 0 Å². The summed E-state index contributed by atoms with van der Waals surface area (Å²) in [5.41, 5.74) is 2.91. The smallest absolute Gasteiger partial charge is 0.315 e. The molecule has 2 aliphatic carbocycles. The number of benzene rings is 2. The maximum Gasteiger partial charge on any atom is 0.360 e. The summed E-state index contributed by atoms with van der Waals surface area (Å²) < 4.78 is 48.7. The second-order valence-corrected chi connectivity index (χ2v) is 10.8. The quantitative estimate of drug-likeness (QED) is 0.339. The standard InChI is InChI=1S/C31H39F3O/c1-3-4-23-7-13-27(14-8-23)28-17-18-29(30(32)19-28)21-35-31(33,34)20-24-9-15-26(16-10-24)25-11-5-22(2)6-12-25/h3-4,9-10,15-19,22-23,25,27H,5-8,11-14,20-21H2,1-2H3/b4-3+. The molecule has 0 atom stereocenters. The molecule has 2 aromatic carbocycles. The van der Waals surface area contributed by atoms with E-state index in [1.54, 1.807) is 18.2 Å². The van der Waals surface area contributed by atoms with Crippen LogP contribution >= 0.6 is 0 Å². The van der Waals surface area contributed by atoms with E-state index in [0.29, 0.717) is 23.3 Å². The van der Waals surface area contributed by atoms with Gasteiger partial charge < -0.3 is 4.74 Å². The summed E-state index contributed by atoms with van der Waals surface area (Å²) >= 11 is 0. The van der Waals surface area contributed by atoms with Crippen LogP contribution < -0.4 is 0 Å². The van der Waals surface area contributed by atoms with Crippen molar-refractivity contribution in [2.24, 2.45) is 11.8 Å². The number of hydrogen-bond donors (Lipinski definition) is 0. The molecule has 35 heavy (non-hydrogen) atoms. The van der Waals surface area contributed by atoms with Crippen LogP contribution in [0.2, 0.25) is 0 Å². The molecule has 0 amide bonds. The number of halogens is 3. The first-order chi connectivity index (χ1) is 16.8. The van der Waals surface area contributed by atoms with E-state index in [-0.39, 0.29) is 5.56 Å². The summed E-state index contributed by atoms with van der Waals surface area (Å²) in [5.74, 6) is 1.81. The molecule has 0 unspecified atom stereocenters. The lowest BCUT2D eigenvalue weighted by atomic mass is 9.78. The Kier molecular flexibility index (Phi) is 8.75. The summed E-state index contributed by atoms with van der Waals surface area (Å²) in [7, 11) is 0. The Bertz CT molecular complexity index is 965. The first-order valence-electron chi connectivity index (χ1n) is 13.3. The fraction of sp³-hybridized carbons (Fsp3) is 0.548. The van der Waals surface area contributed by atoms with Gasteiger partial charge in [-0.15, -0.1) is 0 Å². The summed E-state index contributed by atoms with van der Waals surface area (Å²) in [5, 5.41) is 0. The van der Waals surface area contributed by atoms with Crippen molar-refractivity contribution in [3.05, 3.63) is 82.7 Å². The van der Waals surface area contributed by atoms with Crippen LogP contribution in [0.15, 0.2) is 54.6 Å². The Morgan fingerprint density at radius 3 is 2.09 bits per heavy atom. The Morgan fingerprint density at radius 1 is 0.857 bits per heavy atom. The van der Waals surface area contributed by atoms with Gasteiger partial charge in [0.1, 0.15) is 5.82 Å². The van der Waals surface area contributed by atoms with Gasteiger partial charge in [-0.05, 0) is 91.9 Å². The maximum atomic E-state index is 14.7. The normalized spacial score (nSPS) is 25.7. The largest absolute Gasteiger partial charge is 0.360 e. The molecule has 4 heteroatoms. The van der Waals surface area contributed by atoms with Crippen molar-refractivity contribution in [1.29, 1.82) is 0 Å². The Balaban J connectivity index is 1.29. The highest BCUT2D eigenvalue weighted by atomic mass is 19.3. The molecule has 0 aliphatic heterocycles. The monoisotopic (exact) mass is 484 g/mol. The molecule has 0 saturated heterocycles. The number of rotatable bonds is 8. The molecule has 4 rings (SSSR count). The lowest BCUT2D eigenvalue weighted by Gasteiger charge is -2.27. The minimum absolute atomic E-state index is 0.179. The van der Waals surface area contributed by atoms with E-state index in [0.717, 1.165) is 37.2 Å². The average molecular weight is 485 g/mol. The van der Waals surface area contributed by atoms with E-state index in [2.05, 4.69) is 19.1 Å². The van der Waals surface area contributed by atoms with Gasteiger partial charge in [0.2, 0.25) is 0 Å². The molecule has 0 N–H and O–H groups in total. The number of hydrogen-bond acceptors (Lipinski definition) is 1. The molecule has 1 nitrogen and oxygen atoms in total. The Hall–Kier alpha value is -2.07. The van der Waals surface area contributed by atoms with Crippen molar-refractivity contribution in [2.45, 2.75) is 96.2 Å². The van der Waals surface area contributed by atoms with Crippen LogP contribution in [-0.2, 0) is 17.8 Å². The maximum absolute atomic E-state index is 14.7. The van der Waals surface area contributed by atoms with Crippen molar-refractivity contribution in [2.75, 3.05) is 0 Å². The molecule has 0 spiro atoms. The third kappa shape index (κ3) is 7.22. The van der Waals surface area contributed by atoms with Gasteiger partial charge in [-0.1, -0.05) is 68.3 Å². The zero-order chi connectivity index (χ0) is 24.8. The molecule has 2 aromatic rings. The highest BCUT2D eigenvalue weighted by Crippen LogP contribution is 2.38. The van der Waals surface area contributed by atoms with Crippen LogP contribution in [0, 0.1) is 17.7 Å². The summed E-state index contributed by atoms with van der Waals surface area (Å²) in [4.78, 5) is 0. The average Bonchev–Trinajstić information content (AvgIpc) is 2.85. The SMILES string of the molecule is C/C=C/C1CCC(c2ccc(COC(F)(F)Cc3ccc(C4CCC(C)CC4)cc3)c(F)c2)CC1. The van der Waals surface area contributed by atoms with Crippen molar-refractivity contribution in [3.8, 4) is 0 Å². The van der Waals surface area contributed by atoms with Crippen LogP contribution in [-0.4, -0.2) is 6.11 Å². The Labute approximate surface area is 208 Å². The van der Waals surface area contributed by atoms with Gasteiger partial charge in [0.05, 0.1) is 13.0 Å². The van der Waals surface area contributed by atoms with E-state index in [1.165, 1.54) is 37.3 Å². The van der Waals surface area contributed by atoms with E-state index in [9.17, 15) is 13.2 Å². The van der Waals surface area contributed by atoms with E-state index in [4.69, 9.17) is 4.74 Å². The van der Waals surface area contributed by atoms with Crippen molar-refractivity contribution >= 4 is 0 Å². The molecule has 0 bridgehead atoms. The fourth-order valence-electron chi connectivity index (χ4n) is 5.82. The van der Waals surface area contributed by atoms with Gasteiger partial charge in [-0.3, -0.25) is 0 Å². The van der Waals surface area contributed by atoms with Crippen LogP contribution in [0.5, 0.6) is 0 Å². The van der Waals surface area contributed by atoms with E-state index >= 15 is 0 Å². The summed E-state index contributed by atoms with van der Waals surface area (Å²) in [6.07, 6.45) is 9.56. The predicted octanol–water partition coefficient (Wildman–Crippen LogP) is 9.32. The highest BCUT2D eigenvalue weighted by molar-refractivity contribution is 5.28. The van der Waals surface area contributed by atoms with Crippen LogP contribution in [0.3, 0.4) is 0 Å². The van der Waals surface area contributed by atoms with Crippen molar-refractivity contribution < 1.29 is 17.9 Å². The number of ether oxygens (including phenoxy) is 1. The molecule has 2 aliphatic rings. The number of allylic oxidation sites excluding steroid dienone is 2. The number of alkyl halides is 2. The zero-order valence-electron chi connectivity index (χ0n) is 21.1. The lowest BCUT2D eigenvalue weighted by molar-refractivity contribution is -0.244. The van der Waals surface area contributed by atoms with Crippen LogP contribution in [0.1, 0.15) is 99.3 Å². The first kappa shape index (κ1) is 26.0. The first-order valence-corrected chi connectivity index (χ1v) is 13.3. The molecule has 0 aromatic heterocycles. The van der Waals surface area contributed by atoms with Gasteiger partial charge >= 0.3 is 6.11 Å². The molecule has 0 heterocycles. The topological polar surface area (TPSA) is 9.23 Å². The predicted molar refractivity (Wildman–Crippen MR) is 136 cm³/mol. The van der Waals surface area contributed by atoms with Gasteiger partial charge in [0.15, 0.2) is 0 Å². The third-order valence-corrected chi connectivity index (χ3v) is 8.10. The van der Waals surface area contributed by atoms with E-state index < -0.39 is 25.0 Å². The second-order valence-electron chi connectivity index (χ2n) is 10.8. The van der Waals surface area contributed by atoms with Gasteiger partial charge in [-0.25, -0.2) is 4.39 Å². The van der Waals surface area contributed by atoms with Crippen LogP contribution in [0.25, 0.3) is 0 Å². The lowest BCUT2D eigenvalue weighted by Crippen LogP contribution is -2.24. The highest BCUT2D eigenvalue weighted by Gasteiger charge is 2.31. The second kappa shape index (κ2) is 11.8. The van der Waals surface area contributed by atoms with Gasteiger partial charge in [-0.2, -0.15) is 8.78 Å². The Morgan fingerprint density at radius 2 is 1.46 bits per heavy atom. The summed E-state index contributed by atoms with van der Waals surface area (Å²) in [6, 6.07) is 12.5. The van der Waals surface area contributed by atoms with Crippen molar-refractivity contribution in [1.82, 2.24) is 0 Å². The van der Waals surface area contributed by atoms with Crippen LogP contribution in [0.4, 0.5) is 13.2 Å². The molecule has 2 fully saturated rings. The summed E-state index contributed by atoms with van der Waals surface area (Å²) in [6.45, 7) is 3.89. The molecular weight excluding hydrogens is 445 g/mol.